The van der Waals surface area contributed by atoms with Gasteiger partial charge in [0.15, 0.2) is 0 Å². The fourth-order valence-electron chi connectivity index (χ4n) is 7.23. The molecule has 8 rings (SSSR count). The molecule has 44 heavy (non-hydrogen) atoms. The monoisotopic (exact) mass is 563 g/mol. The third-order valence-corrected chi connectivity index (χ3v) is 9.23. The lowest BCUT2D eigenvalue weighted by Gasteiger charge is -2.33. The van der Waals surface area contributed by atoms with Gasteiger partial charge in [0.1, 0.15) is 0 Å². The highest BCUT2D eigenvalue weighted by Gasteiger charge is 2.39. The molecule has 1 aliphatic carbocycles. The summed E-state index contributed by atoms with van der Waals surface area (Å²) in [7, 11) is 0. The van der Waals surface area contributed by atoms with Crippen molar-refractivity contribution in [3.05, 3.63) is 175 Å². The molecular weight excluding hydrogens is 530 g/mol. The van der Waals surface area contributed by atoms with E-state index in [1.807, 2.05) is 0 Å². The highest BCUT2D eigenvalue weighted by atomic mass is 15.1. The minimum absolute atomic E-state index is 0.157. The number of benzene rings is 7. The molecular formula is C43H33N. The van der Waals surface area contributed by atoms with E-state index >= 15 is 0 Å². The number of nitrogens with zero attached hydrogens (tertiary/aromatic N) is 1. The first kappa shape index (κ1) is 26.2. The van der Waals surface area contributed by atoms with Crippen LogP contribution in [0.25, 0.3) is 44.2 Å². The standard InChI is InChI=1S/C43H33N/c1-43(2)39-26-10-8-23-37(39)38-25-14-28-41(42(38)43)44(40-27-11-9-22-36(40)31-15-4-3-5-16-31)33-20-12-19-32(29-33)35-24-13-18-30-17-6-7-21-34(30)35/h3-29H,1-2H3. The van der Waals surface area contributed by atoms with Crippen molar-refractivity contribution in [2.24, 2.45) is 0 Å². The molecule has 0 N–H and O–H groups in total. The first-order valence-electron chi connectivity index (χ1n) is 15.4. The molecule has 210 valence electrons. The van der Waals surface area contributed by atoms with Gasteiger partial charge in [-0.3, -0.25) is 0 Å². The van der Waals surface area contributed by atoms with Crippen LogP contribution in [-0.2, 0) is 5.41 Å². The van der Waals surface area contributed by atoms with E-state index in [1.165, 1.54) is 61.0 Å². The zero-order chi connectivity index (χ0) is 29.7. The molecule has 0 saturated heterocycles. The quantitative estimate of drug-likeness (QED) is 0.201. The van der Waals surface area contributed by atoms with E-state index in [2.05, 4.69) is 183 Å². The summed E-state index contributed by atoms with van der Waals surface area (Å²) in [5.74, 6) is 0. The molecule has 0 heterocycles. The Morgan fingerprint density at radius 1 is 0.432 bits per heavy atom. The molecule has 0 radical (unpaired) electrons. The summed E-state index contributed by atoms with van der Waals surface area (Å²) >= 11 is 0. The van der Waals surface area contributed by atoms with Crippen molar-refractivity contribution in [2.75, 3.05) is 4.90 Å². The van der Waals surface area contributed by atoms with Crippen LogP contribution in [0.3, 0.4) is 0 Å². The van der Waals surface area contributed by atoms with Crippen LogP contribution in [0.2, 0.25) is 0 Å². The second kappa shape index (κ2) is 10.4. The van der Waals surface area contributed by atoms with Gasteiger partial charge in [-0.1, -0.05) is 153 Å². The second-order valence-corrected chi connectivity index (χ2v) is 12.2. The molecule has 7 aromatic carbocycles. The number of fused-ring (bicyclic) bond motifs is 4. The average molecular weight is 564 g/mol. The number of hydrogen-bond donors (Lipinski definition) is 0. The summed E-state index contributed by atoms with van der Waals surface area (Å²) in [5, 5.41) is 2.52. The van der Waals surface area contributed by atoms with Crippen LogP contribution < -0.4 is 4.90 Å². The van der Waals surface area contributed by atoms with E-state index in [4.69, 9.17) is 0 Å². The summed E-state index contributed by atoms with van der Waals surface area (Å²) in [4.78, 5) is 2.49. The predicted octanol–water partition coefficient (Wildman–Crippen LogP) is 11.9. The Kier molecular flexibility index (Phi) is 6.20. The topological polar surface area (TPSA) is 3.24 Å². The lowest BCUT2D eigenvalue weighted by Crippen LogP contribution is -2.21. The average Bonchev–Trinajstić information content (AvgIpc) is 3.32. The highest BCUT2D eigenvalue weighted by molar-refractivity contribution is 5.99. The normalized spacial score (nSPS) is 13.0. The van der Waals surface area contributed by atoms with Crippen LogP contribution in [0.15, 0.2) is 164 Å². The van der Waals surface area contributed by atoms with Crippen LogP contribution in [0.5, 0.6) is 0 Å². The van der Waals surface area contributed by atoms with Crippen molar-refractivity contribution in [3.63, 3.8) is 0 Å². The van der Waals surface area contributed by atoms with Crippen molar-refractivity contribution in [2.45, 2.75) is 19.3 Å². The molecule has 0 amide bonds. The summed E-state index contributed by atoms with van der Waals surface area (Å²) in [5.41, 5.74) is 13.6. The van der Waals surface area contributed by atoms with Crippen molar-refractivity contribution in [1.82, 2.24) is 0 Å². The Balaban J connectivity index is 1.40. The molecule has 1 heteroatoms. The first-order valence-corrected chi connectivity index (χ1v) is 15.4. The molecule has 0 aromatic heterocycles. The van der Waals surface area contributed by atoms with Crippen molar-refractivity contribution < 1.29 is 0 Å². The molecule has 7 aromatic rings. The summed E-state index contributed by atoms with van der Waals surface area (Å²) in [6, 6.07) is 59.6. The van der Waals surface area contributed by atoms with E-state index in [9.17, 15) is 0 Å². The van der Waals surface area contributed by atoms with Crippen molar-refractivity contribution in [1.29, 1.82) is 0 Å². The van der Waals surface area contributed by atoms with Gasteiger partial charge in [-0.15, -0.1) is 0 Å². The van der Waals surface area contributed by atoms with E-state index in [0.29, 0.717) is 0 Å². The Hall–Kier alpha value is -5.40. The Bertz CT molecular complexity index is 2150. The van der Waals surface area contributed by atoms with Crippen molar-refractivity contribution >= 4 is 27.8 Å². The third kappa shape index (κ3) is 4.16. The van der Waals surface area contributed by atoms with Crippen LogP contribution in [-0.4, -0.2) is 0 Å². The molecule has 0 aliphatic heterocycles. The van der Waals surface area contributed by atoms with Gasteiger partial charge in [0.25, 0.3) is 0 Å². The van der Waals surface area contributed by atoms with E-state index in [0.717, 1.165) is 11.4 Å². The van der Waals surface area contributed by atoms with Crippen molar-refractivity contribution in [3.8, 4) is 33.4 Å². The molecule has 1 nitrogen and oxygen atoms in total. The van der Waals surface area contributed by atoms with Gasteiger partial charge in [-0.05, 0) is 74.0 Å². The number of rotatable bonds is 5. The van der Waals surface area contributed by atoms with Gasteiger partial charge in [0.05, 0.1) is 11.4 Å². The van der Waals surface area contributed by atoms with Gasteiger partial charge >= 0.3 is 0 Å². The maximum absolute atomic E-state index is 2.49. The summed E-state index contributed by atoms with van der Waals surface area (Å²) in [6.07, 6.45) is 0. The lowest BCUT2D eigenvalue weighted by molar-refractivity contribution is 0.661. The molecule has 0 bridgehead atoms. The maximum Gasteiger partial charge on any atom is 0.0540 e. The number of para-hydroxylation sites is 1. The van der Waals surface area contributed by atoms with E-state index in [1.54, 1.807) is 0 Å². The minimum Gasteiger partial charge on any atom is -0.310 e. The fraction of sp³-hybridized carbons (Fsp3) is 0.0698. The van der Waals surface area contributed by atoms with Crippen LogP contribution in [0.4, 0.5) is 17.1 Å². The van der Waals surface area contributed by atoms with E-state index < -0.39 is 0 Å². The smallest absolute Gasteiger partial charge is 0.0540 e. The minimum atomic E-state index is -0.157. The fourth-order valence-corrected chi connectivity index (χ4v) is 7.23. The Morgan fingerprint density at radius 2 is 1.02 bits per heavy atom. The third-order valence-electron chi connectivity index (χ3n) is 9.23. The van der Waals surface area contributed by atoms with Gasteiger partial charge in [-0.25, -0.2) is 0 Å². The van der Waals surface area contributed by atoms with Crippen LogP contribution >= 0.6 is 0 Å². The zero-order valence-corrected chi connectivity index (χ0v) is 25.0. The second-order valence-electron chi connectivity index (χ2n) is 12.2. The number of anilines is 3. The van der Waals surface area contributed by atoms with Gasteiger partial charge in [-0.2, -0.15) is 0 Å². The SMILES string of the molecule is CC1(C)c2ccccc2-c2cccc(N(c3cccc(-c4cccc5ccccc45)c3)c3ccccc3-c3ccccc3)c21. The molecule has 0 fully saturated rings. The lowest BCUT2D eigenvalue weighted by atomic mass is 9.81. The highest BCUT2D eigenvalue weighted by Crippen LogP contribution is 2.55. The molecule has 1 aliphatic rings. The summed E-state index contributed by atoms with van der Waals surface area (Å²) < 4.78 is 0. The predicted molar refractivity (Wildman–Crippen MR) is 187 cm³/mol. The molecule has 0 unspecified atom stereocenters. The van der Waals surface area contributed by atoms with Gasteiger partial charge in [0, 0.05) is 16.7 Å². The molecule has 0 saturated carbocycles. The van der Waals surface area contributed by atoms with E-state index in [-0.39, 0.29) is 5.41 Å². The van der Waals surface area contributed by atoms with Gasteiger partial charge in [0.2, 0.25) is 0 Å². The number of hydrogen-bond acceptors (Lipinski definition) is 1. The largest absolute Gasteiger partial charge is 0.310 e. The molecule has 0 spiro atoms. The summed E-state index contributed by atoms with van der Waals surface area (Å²) in [6.45, 7) is 4.74. The first-order chi connectivity index (χ1) is 21.6. The van der Waals surface area contributed by atoms with Crippen LogP contribution in [0, 0.1) is 0 Å². The molecule has 0 atom stereocenters. The van der Waals surface area contributed by atoms with Gasteiger partial charge < -0.3 is 4.90 Å². The zero-order valence-electron chi connectivity index (χ0n) is 25.0. The Morgan fingerprint density at radius 3 is 1.91 bits per heavy atom. The van der Waals surface area contributed by atoms with Crippen LogP contribution in [0.1, 0.15) is 25.0 Å². The maximum atomic E-state index is 2.49. The Labute approximate surface area is 259 Å².